The van der Waals surface area contributed by atoms with Gasteiger partial charge in [0.1, 0.15) is 18.7 Å². The highest BCUT2D eigenvalue weighted by atomic mass is 19.4. The highest BCUT2D eigenvalue weighted by Gasteiger charge is 2.38. The summed E-state index contributed by atoms with van der Waals surface area (Å²) in [6.45, 7) is 6.47. The first-order chi connectivity index (χ1) is 19.7. The quantitative estimate of drug-likeness (QED) is 0.475. The van der Waals surface area contributed by atoms with Crippen molar-refractivity contribution in [3.63, 3.8) is 0 Å². The summed E-state index contributed by atoms with van der Waals surface area (Å²) in [7, 11) is 2.05. The number of aliphatic hydroxyl groups is 1. The molecule has 2 aromatic rings. The second kappa shape index (κ2) is 12.3. The lowest BCUT2D eigenvalue weighted by Crippen LogP contribution is -2.56. The molecular weight excluding hydrogens is 537 g/mol. The number of alkyl halides is 3. The molecule has 0 saturated carbocycles. The Bertz CT molecular complexity index is 1290. The van der Waals surface area contributed by atoms with Crippen LogP contribution in [0.1, 0.15) is 47.8 Å². The zero-order valence-electron chi connectivity index (χ0n) is 23.1. The number of nitrogens with zero attached hydrogens (tertiary/aromatic N) is 6. The van der Waals surface area contributed by atoms with Crippen LogP contribution >= 0.6 is 0 Å². The van der Waals surface area contributed by atoms with Crippen LogP contribution in [0.25, 0.3) is 0 Å². The van der Waals surface area contributed by atoms with Crippen LogP contribution in [-0.2, 0) is 23.9 Å². The number of benzene rings is 1. The van der Waals surface area contributed by atoms with Crippen LogP contribution in [0.15, 0.2) is 36.9 Å². The first-order valence-corrected chi connectivity index (χ1v) is 13.9. The lowest BCUT2D eigenvalue weighted by atomic mass is 9.95. The van der Waals surface area contributed by atoms with Gasteiger partial charge < -0.3 is 24.4 Å². The molecule has 1 aromatic heterocycles. The van der Waals surface area contributed by atoms with Crippen molar-refractivity contribution < 1.29 is 27.8 Å². The molecule has 1 aromatic carbocycles. The fourth-order valence-electron chi connectivity index (χ4n) is 5.99. The van der Waals surface area contributed by atoms with E-state index >= 15 is 0 Å². The van der Waals surface area contributed by atoms with E-state index in [4.69, 9.17) is 14.5 Å². The molecule has 0 spiro atoms. The lowest BCUT2D eigenvalue weighted by Gasteiger charge is -2.43. The summed E-state index contributed by atoms with van der Waals surface area (Å²) >= 11 is 0. The van der Waals surface area contributed by atoms with Crippen molar-refractivity contribution in [2.24, 2.45) is 0 Å². The number of ether oxygens (including phenoxy) is 2. The number of fused-ring (bicyclic) bond motifs is 1. The maximum Gasteiger partial charge on any atom is 0.416 e. The molecule has 220 valence electrons. The number of aromatic nitrogens is 2. The first-order valence-electron chi connectivity index (χ1n) is 13.9. The summed E-state index contributed by atoms with van der Waals surface area (Å²) in [5.41, 5.74) is 0.634. The van der Waals surface area contributed by atoms with Crippen molar-refractivity contribution in [2.75, 3.05) is 44.7 Å². The van der Waals surface area contributed by atoms with Crippen molar-refractivity contribution >= 4 is 5.82 Å². The van der Waals surface area contributed by atoms with Crippen LogP contribution < -0.4 is 9.64 Å². The molecule has 4 atom stereocenters. The lowest BCUT2D eigenvalue weighted by molar-refractivity contribution is -0.139. The monoisotopic (exact) mass is 572 g/mol. The number of halogens is 3. The summed E-state index contributed by atoms with van der Waals surface area (Å²) < 4.78 is 53.5. The third kappa shape index (κ3) is 6.33. The van der Waals surface area contributed by atoms with Gasteiger partial charge in [-0.2, -0.15) is 28.4 Å². The second-order valence-electron chi connectivity index (χ2n) is 10.8. The number of hydrogen-bond donors (Lipinski definition) is 1. The number of anilines is 1. The Hall–Kier alpha value is -3.24. The maximum absolute atomic E-state index is 13.8. The van der Waals surface area contributed by atoms with Crippen molar-refractivity contribution in [3.05, 3.63) is 59.3 Å². The number of rotatable bonds is 8. The fourth-order valence-corrected chi connectivity index (χ4v) is 5.99. The second-order valence-corrected chi connectivity index (χ2v) is 10.8. The van der Waals surface area contributed by atoms with Gasteiger partial charge in [-0.3, -0.25) is 4.90 Å². The van der Waals surface area contributed by atoms with Crippen LogP contribution in [0.2, 0.25) is 0 Å². The van der Waals surface area contributed by atoms with E-state index in [1.165, 1.54) is 18.2 Å². The molecule has 1 N–H and O–H groups in total. The predicted octanol–water partition coefficient (Wildman–Crippen LogP) is 3.69. The van der Waals surface area contributed by atoms with Gasteiger partial charge in [-0.05, 0) is 44.1 Å². The number of likely N-dealkylation sites (tertiary alicyclic amines) is 1. The highest BCUT2D eigenvalue weighted by molar-refractivity contribution is 5.52. The van der Waals surface area contributed by atoms with E-state index < -0.39 is 24.1 Å². The molecule has 1 unspecified atom stereocenters. The average molecular weight is 573 g/mol. The highest BCUT2D eigenvalue weighted by Crippen LogP contribution is 2.40. The molecule has 9 nitrogen and oxygen atoms in total. The molecule has 0 bridgehead atoms. The van der Waals surface area contributed by atoms with Crippen LogP contribution in [0.3, 0.4) is 0 Å². The molecule has 2 saturated heterocycles. The normalized spacial score (nSPS) is 24.5. The first kappa shape index (κ1) is 29.3. The SMILES string of the molecule is C=CC(O)N1CCN(c2nc(OC[C@@H]3CCCN3C)nc3c2CO[C@H](c2ccccc2C(F)(F)F)C3)C[C@@H]1CC#N. The molecule has 5 rings (SSSR count). The van der Waals surface area contributed by atoms with Gasteiger partial charge >= 0.3 is 12.2 Å². The van der Waals surface area contributed by atoms with Gasteiger partial charge in [0.05, 0.1) is 36.5 Å². The number of hydrogen-bond acceptors (Lipinski definition) is 9. The topological polar surface area (TPSA) is 98.0 Å². The van der Waals surface area contributed by atoms with Crippen LogP contribution in [0, 0.1) is 11.3 Å². The molecule has 41 heavy (non-hydrogen) atoms. The van der Waals surface area contributed by atoms with E-state index in [1.807, 2.05) is 16.8 Å². The van der Waals surface area contributed by atoms with Gasteiger partial charge in [0.2, 0.25) is 0 Å². The van der Waals surface area contributed by atoms with Crippen molar-refractivity contribution in [1.82, 2.24) is 19.8 Å². The number of nitriles is 1. The Labute approximate surface area is 237 Å². The summed E-state index contributed by atoms with van der Waals surface area (Å²) in [5.74, 6) is 0.586. The van der Waals surface area contributed by atoms with Gasteiger partial charge in [0.25, 0.3) is 0 Å². The standard InChI is InChI=1S/C29H35F3N6O3/c1-3-26(39)38-14-13-37(16-19(38)10-11-33)27-22-18-40-25(21-8-4-5-9-23(21)29(30,31)32)15-24(22)34-28(35-27)41-17-20-7-6-12-36(20)2/h3-5,8-9,19-20,25-26,39H,1,6-7,10,12-18H2,2H3/t19-,20-,25-,26?/m0/s1. The number of likely N-dealkylation sites (N-methyl/N-ethyl adjacent to an activating group) is 1. The van der Waals surface area contributed by atoms with Gasteiger partial charge in [-0.25, -0.2) is 0 Å². The Balaban J connectivity index is 1.47. The molecule has 0 amide bonds. The molecule has 12 heteroatoms. The zero-order chi connectivity index (χ0) is 29.1. The smallest absolute Gasteiger partial charge is 0.416 e. The minimum absolute atomic E-state index is 0.0333. The third-order valence-electron chi connectivity index (χ3n) is 8.25. The molecule has 3 aliphatic rings. The Morgan fingerprint density at radius 1 is 1.24 bits per heavy atom. The predicted molar refractivity (Wildman–Crippen MR) is 145 cm³/mol. The molecule has 2 fully saturated rings. The summed E-state index contributed by atoms with van der Waals surface area (Å²) in [6.07, 6.45) is -2.37. The Morgan fingerprint density at radius 2 is 2.05 bits per heavy atom. The van der Waals surface area contributed by atoms with Crippen LogP contribution in [0.5, 0.6) is 6.01 Å². The van der Waals surface area contributed by atoms with E-state index in [9.17, 15) is 23.5 Å². The Morgan fingerprint density at radius 3 is 2.76 bits per heavy atom. The van der Waals surface area contributed by atoms with Gasteiger partial charge in [-0.15, -0.1) is 0 Å². The summed E-state index contributed by atoms with van der Waals surface area (Å²) in [6, 6.07) is 7.79. The van der Waals surface area contributed by atoms with Crippen molar-refractivity contribution in [2.45, 2.75) is 62.9 Å². The van der Waals surface area contributed by atoms with Gasteiger partial charge in [-0.1, -0.05) is 24.8 Å². The van der Waals surface area contributed by atoms with Crippen molar-refractivity contribution in [3.8, 4) is 12.1 Å². The summed E-state index contributed by atoms with van der Waals surface area (Å²) in [5, 5.41) is 19.9. The molecule has 4 heterocycles. The minimum atomic E-state index is -4.51. The van der Waals surface area contributed by atoms with E-state index in [0.717, 1.165) is 25.5 Å². The fraction of sp³-hybridized carbons (Fsp3) is 0.552. The Kier molecular flexibility index (Phi) is 8.79. The van der Waals surface area contributed by atoms with Crippen LogP contribution in [-0.4, -0.2) is 83.0 Å². The number of piperazine rings is 1. The largest absolute Gasteiger partial charge is 0.462 e. The average Bonchev–Trinajstić information content (AvgIpc) is 3.39. The maximum atomic E-state index is 13.8. The van der Waals surface area contributed by atoms with Gasteiger partial charge in [0, 0.05) is 43.7 Å². The minimum Gasteiger partial charge on any atom is -0.462 e. The van der Waals surface area contributed by atoms with E-state index in [1.54, 1.807) is 6.07 Å². The summed E-state index contributed by atoms with van der Waals surface area (Å²) in [4.78, 5) is 15.5. The van der Waals surface area contributed by atoms with E-state index in [0.29, 0.717) is 43.3 Å². The van der Waals surface area contributed by atoms with Gasteiger partial charge in [0.15, 0.2) is 0 Å². The van der Waals surface area contributed by atoms with Crippen LogP contribution in [0.4, 0.5) is 19.0 Å². The molecule has 3 aliphatic heterocycles. The number of aliphatic hydroxyl groups excluding tert-OH is 1. The third-order valence-corrected chi connectivity index (χ3v) is 8.25. The molecule has 0 aliphatic carbocycles. The van der Waals surface area contributed by atoms with E-state index in [-0.39, 0.29) is 43.1 Å². The zero-order valence-corrected chi connectivity index (χ0v) is 23.1. The molecular formula is C29H35F3N6O3. The molecule has 0 radical (unpaired) electrons. The van der Waals surface area contributed by atoms with E-state index in [2.05, 4.69) is 22.5 Å². The van der Waals surface area contributed by atoms with Crippen molar-refractivity contribution in [1.29, 1.82) is 5.26 Å².